The number of hydrogen-bond donors (Lipinski definition) is 2. The number of benzene rings is 3. The smallest absolute Gasteiger partial charge is 0.300 e. The number of ketones is 1. The van der Waals surface area contributed by atoms with Crippen LogP contribution in [0.4, 0.5) is 5.69 Å². The summed E-state index contributed by atoms with van der Waals surface area (Å²) in [6, 6.07) is 17.4. The number of aliphatic hydroxyl groups excluding tert-OH is 1. The van der Waals surface area contributed by atoms with E-state index in [0.717, 1.165) is 5.56 Å². The van der Waals surface area contributed by atoms with Crippen molar-refractivity contribution in [2.75, 3.05) is 19.1 Å². The number of para-hydroxylation sites is 1. The van der Waals surface area contributed by atoms with E-state index in [2.05, 4.69) is 0 Å². The van der Waals surface area contributed by atoms with Crippen molar-refractivity contribution in [3.63, 3.8) is 0 Å². The fourth-order valence-corrected chi connectivity index (χ4v) is 4.11. The summed E-state index contributed by atoms with van der Waals surface area (Å²) in [6.45, 7) is 1.84. The van der Waals surface area contributed by atoms with Crippen molar-refractivity contribution in [3.8, 4) is 17.2 Å². The molecule has 0 radical (unpaired) electrons. The number of nitrogens with zero attached hydrogens (tertiary/aromatic N) is 1. The molecule has 7 nitrogen and oxygen atoms in total. The molecule has 3 aromatic rings. The monoisotopic (exact) mass is 445 g/mol. The second kappa shape index (κ2) is 8.70. The summed E-state index contributed by atoms with van der Waals surface area (Å²) < 4.78 is 10.8. The van der Waals surface area contributed by atoms with Gasteiger partial charge in [0, 0.05) is 5.69 Å². The third-order valence-corrected chi connectivity index (χ3v) is 5.69. The Morgan fingerprint density at radius 3 is 2.06 bits per heavy atom. The molecule has 0 bridgehead atoms. The van der Waals surface area contributed by atoms with Crippen molar-refractivity contribution >= 4 is 23.1 Å². The number of rotatable bonds is 5. The van der Waals surface area contributed by atoms with E-state index in [9.17, 15) is 19.8 Å². The Bertz CT molecular complexity index is 1240. The zero-order chi connectivity index (χ0) is 23.7. The lowest BCUT2D eigenvalue weighted by atomic mass is 9.94. The van der Waals surface area contributed by atoms with Crippen LogP contribution in [0.15, 0.2) is 72.3 Å². The lowest BCUT2D eigenvalue weighted by Gasteiger charge is -2.27. The van der Waals surface area contributed by atoms with Crippen LogP contribution in [0.25, 0.3) is 5.76 Å². The maximum absolute atomic E-state index is 13.3. The summed E-state index contributed by atoms with van der Waals surface area (Å²) in [5.41, 5.74) is 1.96. The first kappa shape index (κ1) is 22.0. The molecule has 1 fully saturated rings. The molecule has 0 aromatic heterocycles. The molecule has 4 rings (SSSR count). The van der Waals surface area contributed by atoms with Gasteiger partial charge in [0.25, 0.3) is 11.7 Å². The predicted molar refractivity (Wildman–Crippen MR) is 124 cm³/mol. The van der Waals surface area contributed by atoms with Crippen LogP contribution in [0.5, 0.6) is 17.2 Å². The SMILES string of the molecule is COc1cccc(OC)c1/C(O)=C1\C(=O)C(=O)N(c2ccccc2C)C1c1ccc(O)cc1. The first-order valence-corrected chi connectivity index (χ1v) is 10.3. The van der Waals surface area contributed by atoms with Gasteiger partial charge in [-0.1, -0.05) is 36.4 Å². The van der Waals surface area contributed by atoms with Gasteiger partial charge in [-0.05, 0) is 48.4 Å². The molecule has 0 spiro atoms. The highest BCUT2D eigenvalue weighted by Gasteiger charge is 2.47. The van der Waals surface area contributed by atoms with Gasteiger partial charge in [0.15, 0.2) is 0 Å². The standard InChI is InChI=1S/C26H23NO6/c1-15-7-4-5-8-18(15)27-23(16-11-13-17(28)14-12-16)22(25(30)26(27)31)24(29)21-19(32-2)9-6-10-20(21)33-3/h4-14,23,28-29H,1-3H3/b24-22+. The molecule has 1 atom stereocenters. The largest absolute Gasteiger partial charge is 0.508 e. The maximum atomic E-state index is 13.3. The third kappa shape index (κ3) is 3.67. The number of carbonyl (C=O) groups excluding carboxylic acids is 2. The van der Waals surface area contributed by atoms with Crippen molar-refractivity contribution in [1.29, 1.82) is 0 Å². The fraction of sp³-hybridized carbons (Fsp3) is 0.154. The molecule has 33 heavy (non-hydrogen) atoms. The Kier molecular flexibility index (Phi) is 5.79. The van der Waals surface area contributed by atoms with E-state index in [1.54, 1.807) is 42.5 Å². The number of anilines is 1. The highest BCUT2D eigenvalue weighted by atomic mass is 16.5. The quantitative estimate of drug-likeness (QED) is 0.345. The van der Waals surface area contributed by atoms with Gasteiger partial charge in [-0.3, -0.25) is 14.5 Å². The van der Waals surface area contributed by atoms with Gasteiger partial charge >= 0.3 is 0 Å². The Morgan fingerprint density at radius 1 is 0.879 bits per heavy atom. The van der Waals surface area contributed by atoms with Crippen molar-refractivity contribution < 1.29 is 29.3 Å². The minimum atomic E-state index is -0.929. The summed E-state index contributed by atoms with van der Waals surface area (Å²) in [5, 5.41) is 21.2. The zero-order valence-corrected chi connectivity index (χ0v) is 18.4. The number of methoxy groups -OCH3 is 2. The molecule has 1 unspecified atom stereocenters. The van der Waals surface area contributed by atoms with Crippen molar-refractivity contribution in [2.24, 2.45) is 0 Å². The molecule has 1 saturated heterocycles. The molecule has 3 aromatic carbocycles. The summed E-state index contributed by atoms with van der Waals surface area (Å²) >= 11 is 0. The van der Waals surface area contributed by atoms with E-state index in [-0.39, 0.29) is 16.9 Å². The molecule has 1 aliphatic heterocycles. The van der Waals surface area contributed by atoms with Crippen LogP contribution in [0.1, 0.15) is 22.7 Å². The van der Waals surface area contributed by atoms with Crippen LogP contribution in [0.3, 0.4) is 0 Å². The Labute approximate surface area is 191 Å². The van der Waals surface area contributed by atoms with Gasteiger partial charge in [-0.25, -0.2) is 0 Å². The molecule has 2 N–H and O–H groups in total. The fourth-order valence-electron chi connectivity index (χ4n) is 4.11. The zero-order valence-electron chi connectivity index (χ0n) is 18.4. The van der Waals surface area contributed by atoms with E-state index in [4.69, 9.17) is 9.47 Å². The minimum Gasteiger partial charge on any atom is -0.508 e. The van der Waals surface area contributed by atoms with E-state index >= 15 is 0 Å². The van der Waals surface area contributed by atoms with Crippen molar-refractivity contribution in [1.82, 2.24) is 0 Å². The number of ether oxygens (including phenoxy) is 2. The summed E-state index contributed by atoms with van der Waals surface area (Å²) in [6.07, 6.45) is 0. The van der Waals surface area contributed by atoms with E-state index in [1.165, 1.54) is 31.3 Å². The van der Waals surface area contributed by atoms with Gasteiger partial charge in [0.1, 0.15) is 28.6 Å². The Morgan fingerprint density at radius 2 is 1.48 bits per heavy atom. The van der Waals surface area contributed by atoms with Gasteiger partial charge in [-0.2, -0.15) is 0 Å². The molecular formula is C26H23NO6. The van der Waals surface area contributed by atoms with Gasteiger partial charge in [0.05, 0.1) is 25.8 Å². The Balaban J connectivity index is 2.03. The number of aliphatic hydroxyl groups is 1. The Hall–Kier alpha value is -4.26. The molecule has 1 amide bonds. The van der Waals surface area contributed by atoms with E-state index in [0.29, 0.717) is 22.7 Å². The summed E-state index contributed by atoms with van der Waals surface area (Å²) in [4.78, 5) is 28.0. The predicted octanol–water partition coefficient (Wildman–Crippen LogP) is 4.34. The summed E-state index contributed by atoms with van der Waals surface area (Å²) in [7, 11) is 2.88. The van der Waals surface area contributed by atoms with Crippen LogP contribution in [0, 0.1) is 6.92 Å². The van der Waals surface area contributed by atoms with Crippen LogP contribution in [0.2, 0.25) is 0 Å². The average molecular weight is 445 g/mol. The van der Waals surface area contributed by atoms with Crippen molar-refractivity contribution in [2.45, 2.75) is 13.0 Å². The number of aryl methyl sites for hydroxylation is 1. The number of phenolic OH excluding ortho intramolecular Hbond substituents is 1. The lowest BCUT2D eigenvalue weighted by Crippen LogP contribution is -2.30. The molecule has 0 aliphatic carbocycles. The van der Waals surface area contributed by atoms with E-state index in [1.807, 2.05) is 19.1 Å². The topological polar surface area (TPSA) is 96.3 Å². The first-order chi connectivity index (χ1) is 15.9. The highest BCUT2D eigenvalue weighted by molar-refractivity contribution is 6.51. The second-order valence-corrected chi connectivity index (χ2v) is 7.58. The maximum Gasteiger partial charge on any atom is 0.300 e. The minimum absolute atomic E-state index is 0.0398. The normalized spacial score (nSPS) is 17.3. The molecule has 1 heterocycles. The van der Waals surface area contributed by atoms with E-state index < -0.39 is 23.5 Å². The van der Waals surface area contributed by atoms with Crippen molar-refractivity contribution in [3.05, 3.63) is 89.0 Å². The van der Waals surface area contributed by atoms with Crippen LogP contribution >= 0.6 is 0 Å². The number of carbonyl (C=O) groups is 2. The number of amides is 1. The molecular weight excluding hydrogens is 422 g/mol. The molecule has 0 saturated carbocycles. The van der Waals surface area contributed by atoms with Crippen LogP contribution < -0.4 is 14.4 Å². The number of phenols is 1. The van der Waals surface area contributed by atoms with Gasteiger partial charge in [-0.15, -0.1) is 0 Å². The third-order valence-electron chi connectivity index (χ3n) is 5.69. The van der Waals surface area contributed by atoms with Gasteiger partial charge < -0.3 is 19.7 Å². The first-order valence-electron chi connectivity index (χ1n) is 10.3. The van der Waals surface area contributed by atoms with Crippen LogP contribution in [-0.4, -0.2) is 36.1 Å². The van der Waals surface area contributed by atoms with Gasteiger partial charge in [0.2, 0.25) is 0 Å². The average Bonchev–Trinajstić information content (AvgIpc) is 3.09. The van der Waals surface area contributed by atoms with Crippen LogP contribution in [-0.2, 0) is 9.59 Å². The number of Topliss-reactive ketones (excluding diaryl/α,β-unsaturated/α-hetero) is 1. The summed E-state index contributed by atoms with van der Waals surface area (Å²) in [5.74, 6) is -1.38. The lowest BCUT2D eigenvalue weighted by molar-refractivity contribution is -0.132. The second-order valence-electron chi connectivity index (χ2n) is 7.58. The molecule has 1 aliphatic rings. The molecule has 168 valence electrons. The number of aromatic hydroxyl groups is 1. The molecule has 7 heteroatoms. The number of hydrogen-bond acceptors (Lipinski definition) is 6. The highest BCUT2D eigenvalue weighted by Crippen LogP contribution is 2.45.